The quantitative estimate of drug-likeness (QED) is 0.878. The van der Waals surface area contributed by atoms with Crippen molar-refractivity contribution in [3.05, 3.63) is 56.2 Å². The lowest BCUT2D eigenvalue weighted by Gasteiger charge is -2.13. The number of aryl methyl sites for hydroxylation is 1. The minimum atomic E-state index is -0.0197. The summed E-state index contributed by atoms with van der Waals surface area (Å²) in [4.78, 5) is 0. The topological polar surface area (TPSA) is 26.0 Å². The van der Waals surface area contributed by atoms with Crippen molar-refractivity contribution in [1.29, 1.82) is 0 Å². The summed E-state index contributed by atoms with van der Waals surface area (Å²) in [5.41, 5.74) is 9.81. The van der Waals surface area contributed by atoms with Crippen molar-refractivity contribution in [2.75, 3.05) is 0 Å². The van der Waals surface area contributed by atoms with E-state index in [4.69, 9.17) is 5.73 Å². The molecule has 0 radical (unpaired) electrons. The van der Waals surface area contributed by atoms with Crippen LogP contribution in [0.4, 0.5) is 0 Å². The van der Waals surface area contributed by atoms with Crippen molar-refractivity contribution in [3.63, 3.8) is 0 Å². The van der Waals surface area contributed by atoms with E-state index in [-0.39, 0.29) is 18.4 Å². The Balaban J connectivity index is 0.00000128. The highest BCUT2D eigenvalue weighted by molar-refractivity contribution is 9.10. The lowest BCUT2D eigenvalue weighted by molar-refractivity contribution is 0.865. The van der Waals surface area contributed by atoms with Gasteiger partial charge in [0.05, 0.1) is 6.04 Å². The number of rotatable bonds is 2. The third kappa shape index (κ3) is 2.86. The van der Waals surface area contributed by atoms with Crippen LogP contribution in [0.3, 0.4) is 0 Å². The van der Waals surface area contributed by atoms with Gasteiger partial charge in [0.2, 0.25) is 0 Å². The van der Waals surface area contributed by atoms with Gasteiger partial charge in [0.25, 0.3) is 0 Å². The summed E-state index contributed by atoms with van der Waals surface area (Å²) in [5.74, 6) is 0. The number of hydrogen-bond acceptors (Lipinski definition) is 2. The van der Waals surface area contributed by atoms with Crippen molar-refractivity contribution < 1.29 is 0 Å². The summed E-state index contributed by atoms with van der Waals surface area (Å²) in [6.45, 7) is 2.09. The summed E-state index contributed by atoms with van der Waals surface area (Å²) in [6, 6.07) is 8.28. The van der Waals surface area contributed by atoms with Crippen LogP contribution in [-0.2, 0) is 0 Å². The normalized spacial score (nSPS) is 11.9. The number of nitrogens with two attached hydrogens (primary N) is 1. The van der Waals surface area contributed by atoms with E-state index >= 15 is 0 Å². The molecule has 0 saturated carbocycles. The highest BCUT2D eigenvalue weighted by atomic mass is 79.9. The SMILES string of the molecule is Cc1ccc(Br)cc1[C@H](N)c1ccsc1.Cl. The smallest absolute Gasteiger partial charge is 0.0562 e. The Morgan fingerprint density at radius 2 is 2.06 bits per heavy atom. The third-order valence-electron chi connectivity index (χ3n) is 2.48. The molecule has 1 aromatic heterocycles. The summed E-state index contributed by atoms with van der Waals surface area (Å²) in [5, 5.41) is 4.16. The van der Waals surface area contributed by atoms with E-state index < -0.39 is 0 Å². The zero-order chi connectivity index (χ0) is 10.8. The van der Waals surface area contributed by atoms with E-state index in [0.717, 1.165) is 4.47 Å². The summed E-state index contributed by atoms with van der Waals surface area (Å²) in [6.07, 6.45) is 0. The first-order chi connectivity index (χ1) is 7.18. The molecular weight excluding hydrogens is 306 g/mol. The fourth-order valence-corrected chi connectivity index (χ4v) is 2.65. The minimum absolute atomic E-state index is 0. The van der Waals surface area contributed by atoms with Crippen LogP contribution >= 0.6 is 39.7 Å². The monoisotopic (exact) mass is 317 g/mol. The van der Waals surface area contributed by atoms with Gasteiger partial charge in [0.15, 0.2) is 0 Å². The van der Waals surface area contributed by atoms with Crippen LogP contribution in [-0.4, -0.2) is 0 Å². The zero-order valence-corrected chi connectivity index (χ0v) is 12.0. The standard InChI is InChI=1S/C12H12BrNS.ClH/c1-8-2-3-10(13)6-11(8)12(14)9-4-5-15-7-9;/h2-7,12H,14H2,1H3;1H/t12-;/m1./s1. The zero-order valence-electron chi connectivity index (χ0n) is 8.81. The molecule has 4 heteroatoms. The van der Waals surface area contributed by atoms with Crippen LogP contribution < -0.4 is 5.73 Å². The Kier molecular flexibility index (Phi) is 4.99. The van der Waals surface area contributed by atoms with Gasteiger partial charge in [-0.2, -0.15) is 11.3 Å². The molecule has 0 aliphatic carbocycles. The van der Waals surface area contributed by atoms with Crippen molar-refractivity contribution >= 4 is 39.7 Å². The summed E-state index contributed by atoms with van der Waals surface area (Å²) < 4.78 is 1.08. The molecular formula is C12H13BrClNS. The molecule has 0 saturated heterocycles. The maximum Gasteiger partial charge on any atom is 0.0562 e. The molecule has 86 valence electrons. The van der Waals surface area contributed by atoms with E-state index in [9.17, 15) is 0 Å². The lowest BCUT2D eigenvalue weighted by atomic mass is 9.98. The molecule has 2 N–H and O–H groups in total. The van der Waals surface area contributed by atoms with Gasteiger partial charge < -0.3 is 5.73 Å². The van der Waals surface area contributed by atoms with Gasteiger partial charge in [0.1, 0.15) is 0 Å². The molecule has 2 rings (SSSR count). The Morgan fingerprint density at radius 3 is 2.69 bits per heavy atom. The Bertz CT molecular complexity index is 456. The summed E-state index contributed by atoms with van der Waals surface area (Å²) in [7, 11) is 0. The lowest BCUT2D eigenvalue weighted by Crippen LogP contribution is -2.12. The minimum Gasteiger partial charge on any atom is -0.320 e. The van der Waals surface area contributed by atoms with Crippen LogP contribution in [0.15, 0.2) is 39.5 Å². The highest BCUT2D eigenvalue weighted by Crippen LogP contribution is 2.26. The first-order valence-corrected chi connectivity index (χ1v) is 6.46. The first kappa shape index (κ1) is 13.7. The fraction of sp³-hybridized carbons (Fsp3) is 0.167. The van der Waals surface area contributed by atoms with Crippen LogP contribution in [0.2, 0.25) is 0 Å². The second-order valence-electron chi connectivity index (χ2n) is 3.54. The van der Waals surface area contributed by atoms with E-state index in [1.54, 1.807) is 11.3 Å². The number of hydrogen-bond donors (Lipinski definition) is 1. The predicted molar refractivity (Wildman–Crippen MR) is 76.5 cm³/mol. The average Bonchev–Trinajstić information content (AvgIpc) is 2.74. The number of thiophene rings is 1. The van der Waals surface area contributed by atoms with Gasteiger partial charge >= 0.3 is 0 Å². The van der Waals surface area contributed by atoms with Crippen LogP contribution in [0.1, 0.15) is 22.7 Å². The molecule has 1 nitrogen and oxygen atoms in total. The van der Waals surface area contributed by atoms with Crippen LogP contribution in [0.25, 0.3) is 0 Å². The predicted octanol–water partition coefficient (Wildman–Crippen LogP) is 4.29. The third-order valence-corrected chi connectivity index (χ3v) is 3.67. The van der Waals surface area contributed by atoms with E-state index in [2.05, 4.69) is 51.8 Å². The molecule has 0 spiro atoms. The Labute approximate surface area is 114 Å². The van der Waals surface area contributed by atoms with Gasteiger partial charge in [-0.05, 0) is 52.6 Å². The van der Waals surface area contributed by atoms with E-state index in [0.29, 0.717) is 0 Å². The molecule has 2 aromatic rings. The van der Waals surface area contributed by atoms with E-state index in [1.807, 2.05) is 6.07 Å². The Hall–Kier alpha value is -0.350. The van der Waals surface area contributed by atoms with Gasteiger partial charge in [-0.25, -0.2) is 0 Å². The molecule has 0 aliphatic heterocycles. The molecule has 1 atom stereocenters. The molecule has 1 aromatic carbocycles. The van der Waals surface area contributed by atoms with Gasteiger partial charge in [0, 0.05) is 4.47 Å². The number of halogens is 2. The highest BCUT2D eigenvalue weighted by Gasteiger charge is 2.11. The maximum atomic E-state index is 6.22. The average molecular weight is 319 g/mol. The van der Waals surface area contributed by atoms with E-state index in [1.165, 1.54) is 16.7 Å². The van der Waals surface area contributed by atoms with Gasteiger partial charge in [-0.15, -0.1) is 12.4 Å². The van der Waals surface area contributed by atoms with Crippen LogP contribution in [0.5, 0.6) is 0 Å². The van der Waals surface area contributed by atoms with Crippen molar-refractivity contribution in [2.45, 2.75) is 13.0 Å². The molecule has 0 aliphatic rings. The Morgan fingerprint density at radius 1 is 1.31 bits per heavy atom. The second-order valence-corrected chi connectivity index (χ2v) is 5.23. The van der Waals surface area contributed by atoms with Crippen molar-refractivity contribution in [1.82, 2.24) is 0 Å². The second kappa shape index (κ2) is 5.82. The number of benzene rings is 1. The molecule has 0 fully saturated rings. The molecule has 16 heavy (non-hydrogen) atoms. The molecule has 0 bridgehead atoms. The van der Waals surface area contributed by atoms with Crippen molar-refractivity contribution in [3.8, 4) is 0 Å². The molecule has 0 amide bonds. The first-order valence-electron chi connectivity index (χ1n) is 4.72. The fourth-order valence-electron chi connectivity index (χ4n) is 1.58. The van der Waals surface area contributed by atoms with Crippen molar-refractivity contribution in [2.24, 2.45) is 5.73 Å². The molecule has 1 heterocycles. The van der Waals surface area contributed by atoms with Crippen LogP contribution in [0, 0.1) is 6.92 Å². The van der Waals surface area contributed by atoms with Gasteiger partial charge in [-0.3, -0.25) is 0 Å². The van der Waals surface area contributed by atoms with Gasteiger partial charge in [-0.1, -0.05) is 22.0 Å². The molecule has 0 unspecified atom stereocenters. The summed E-state index contributed by atoms with van der Waals surface area (Å²) >= 11 is 5.16. The maximum absolute atomic E-state index is 6.22. The largest absolute Gasteiger partial charge is 0.320 e.